The van der Waals surface area contributed by atoms with Crippen LogP contribution in [0.2, 0.25) is 0 Å². The highest BCUT2D eigenvalue weighted by Gasteiger charge is 2.30. The number of amides is 3. The van der Waals surface area contributed by atoms with Crippen LogP contribution in [0, 0.1) is 0 Å². The summed E-state index contributed by atoms with van der Waals surface area (Å²) in [5, 5.41) is 0. The first-order valence-electron chi connectivity index (χ1n) is 8.05. The molecule has 0 saturated carbocycles. The average molecular weight is 315 g/mol. The van der Waals surface area contributed by atoms with Crippen LogP contribution in [0.15, 0.2) is 30.3 Å². The summed E-state index contributed by atoms with van der Waals surface area (Å²) < 4.78 is 0. The molecule has 1 aromatic rings. The second-order valence-corrected chi connectivity index (χ2v) is 6.00. The fourth-order valence-electron chi connectivity index (χ4n) is 3.04. The van der Waals surface area contributed by atoms with Gasteiger partial charge in [-0.1, -0.05) is 18.2 Å². The number of likely N-dealkylation sites (tertiary alicyclic amines) is 1. The fraction of sp³-hybridized carbons (Fsp3) is 0.471. The van der Waals surface area contributed by atoms with Gasteiger partial charge in [0.25, 0.3) is 5.91 Å². The van der Waals surface area contributed by atoms with Crippen molar-refractivity contribution >= 4 is 17.7 Å². The van der Waals surface area contributed by atoms with Gasteiger partial charge in [-0.05, 0) is 25.0 Å². The lowest BCUT2D eigenvalue weighted by Gasteiger charge is -2.34. The fourth-order valence-corrected chi connectivity index (χ4v) is 3.04. The number of hydrogen-bond acceptors (Lipinski definition) is 3. The van der Waals surface area contributed by atoms with E-state index in [9.17, 15) is 14.4 Å². The normalized spacial score (nSPS) is 18.4. The van der Waals surface area contributed by atoms with E-state index in [4.69, 9.17) is 0 Å². The summed E-state index contributed by atoms with van der Waals surface area (Å²) >= 11 is 0. The Morgan fingerprint density at radius 2 is 1.61 bits per heavy atom. The zero-order chi connectivity index (χ0) is 16.2. The molecule has 23 heavy (non-hydrogen) atoms. The van der Waals surface area contributed by atoms with Crippen LogP contribution in [0.25, 0.3) is 0 Å². The molecule has 0 radical (unpaired) electrons. The first-order chi connectivity index (χ1) is 11.1. The number of nitrogens with zero attached hydrogens (tertiary/aromatic N) is 3. The number of piperazine rings is 1. The van der Waals surface area contributed by atoms with Crippen molar-refractivity contribution in [2.24, 2.45) is 0 Å². The van der Waals surface area contributed by atoms with Crippen molar-refractivity contribution in [3.8, 4) is 0 Å². The Kier molecular flexibility index (Phi) is 4.60. The van der Waals surface area contributed by atoms with Crippen LogP contribution in [-0.2, 0) is 9.59 Å². The molecule has 6 nitrogen and oxygen atoms in total. The third-order valence-corrected chi connectivity index (χ3v) is 4.41. The van der Waals surface area contributed by atoms with Gasteiger partial charge in [-0.15, -0.1) is 0 Å². The number of rotatable bonds is 3. The maximum Gasteiger partial charge on any atom is 0.254 e. The Bertz CT molecular complexity index is 596. The molecule has 0 aliphatic carbocycles. The van der Waals surface area contributed by atoms with E-state index in [2.05, 4.69) is 0 Å². The lowest BCUT2D eigenvalue weighted by molar-refractivity contribution is -0.142. The minimum Gasteiger partial charge on any atom is -0.341 e. The zero-order valence-electron chi connectivity index (χ0n) is 13.1. The molecule has 2 aliphatic heterocycles. The molecule has 0 N–H and O–H groups in total. The largest absolute Gasteiger partial charge is 0.341 e. The molecule has 0 atom stereocenters. The van der Waals surface area contributed by atoms with Crippen molar-refractivity contribution in [3.63, 3.8) is 0 Å². The molecule has 6 heteroatoms. The predicted molar refractivity (Wildman–Crippen MR) is 84.7 cm³/mol. The zero-order valence-corrected chi connectivity index (χ0v) is 13.1. The summed E-state index contributed by atoms with van der Waals surface area (Å²) in [6.07, 6.45) is 2.08. The summed E-state index contributed by atoms with van der Waals surface area (Å²) in [6.45, 7) is 2.63. The maximum atomic E-state index is 12.4. The SMILES string of the molecule is O=C(CN1CCN(C(=O)c2ccccc2)CC1=O)N1CCCC1. The Morgan fingerprint density at radius 3 is 2.26 bits per heavy atom. The van der Waals surface area contributed by atoms with Crippen LogP contribution < -0.4 is 0 Å². The third kappa shape index (κ3) is 3.52. The van der Waals surface area contributed by atoms with Gasteiger partial charge in [0.2, 0.25) is 11.8 Å². The molecular formula is C17H21N3O3. The summed E-state index contributed by atoms with van der Waals surface area (Å²) in [6, 6.07) is 8.95. The molecule has 2 saturated heterocycles. The predicted octanol–water partition coefficient (Wildman–Crippen LogP) is 0.593. The van der Waals surface area contributed by atoms with Gasteiger partial charge in [-0.2, -0.15) is 0 Å². The topological polar surface area (TPSA) is 60.9 Å². The number of carbonyl (C=O) groups excluding carboxylic acids is 3. The molecule has 2 fully saturated rings. The van der Waals surface area contributed by atoms with Gasteiger partial charge in [-0.25, -0.2) is 0 Å². The molecule has 0 bridgehead atoms. The van der Waals surface area contributed by atoms with E-state index in [0.717, 1.165) is 25.9 Å². The molecular weight excluding hydrogens is 294 g/mol. The third-order valence-electron chi connectivity index (χ3n) is 4.41. The monoisotopic (exact) mass is 315 g/mol. The number of carbonyl (C=O) groups is 3. The minimum atomic E-state index is -0.159. The van der Waals surface area contributed by atoms with Crippen molar-refractivity contribution in [2.75, 3.05) is 39.3 Å². The summed E-state index contributed by atoms with van der Waals surface area (Å²) in [7, 11) is 0. The van der Waals surface area contributed by atoms with Gasteiger partial charge < -0.3 is 14.7 Å². The first-order valence-corrected chi connectivity index (χ1v) is 8.05. The van der Waals surface area contributed by atoms with Crippen LogP contribution >= 0.6 is 0 Å². The standard InChI is InChI=1S/C17H21N3O3/c21-15(18-8-4-5-9-18)12-19-10-11-20(13-16(19)22)17(23)14-6-2-1-3-7-14/h1-3,6-7H,4-5,8-13H2. The molecule has 2 aliphatic rings. The highest BCUT2D eigenvalue weighted by Crippen LogP contribution is 2.12. The van der Waals surface area contributed by atoms with Gasteiger partial charge in [0.05, 0.1) is 6.54 Å². The molecule has 0 spiro atoms. The first kappa shape index (κ1) is 15.5. The van der Waals surface area contributed by atoms with Crippen LogP contribution in [0.4, 0.5) is 0 Å². The van der Waals surface area contributed by atoms with Crippen LogP contribution in [0.5, 0.6) is 0 Å². The Balaban J connectivity index is 1.56. The summed E-state index contributed by atoms with van der Waals surface area (Å²) in [5.74, 6) is -0.281. The lowest BCUT2D eigenvalue weighted by atomic mass is 10.2. The summed E-state index contributed by atoms with van der Waals surface area (Å²) in [4.78, 5) is 41.7. The van der Waals surface area contributed by atoms with Crippen molar-refractivity contribution in [1.82, 2.24) is 14.7 Å². The van der Waals surface area contributed by atoms with Crippen molar-refractivity contribution in [3.05, 3.63) is 35.9 Å². The number of benzene rings is 1. The maximum absolute atomic E-state index is 12.4. The van der Waals surface area contributed by atoms with Crippen molar-refractivity contribution in [1.29, 1.82) is 0 Å². The lowest BCUT2D eigenvalue weighted by Crippen LogP contribution is -2.54. The minimum absolute atomic E-state index is 0.0127. The van der Waals surface area contributed by atoms with Gasteiger partial charge in [0.15, 0.2) is 0 Å². The highest BCUT2D eigenvalue weighted by atomic mass is 16.2. The van der Waals surface area contributed by atoms with Gasteiger partial charge in [0, 0.05) is 31.7 Å². The number of hydrogen-bond donors (Lipinski definition) is 0. The van der Waals surface area contributed by atoms with E-state index < -0.39 is 0 Å². The Hall–Kier alpha value is -2.37. The van der Waals surface area contributed by atoms with E-state index >= 15 is 0 Å². The van der Waals surface area contributed by atoms with Crippen LogP contribution in [0.1, 0.15) is 23.2 Å². The van der Waals surface area contributed by atoms with Crippen molar-refractivity contribution in [2.45, 2.75) is 12.8 Å². The molecule has 3 rings (SSSR count). The molecule has 3 amide bonds. The smallest absolute Gasteiger partial charge is 0.254 e. The van der Waals surface area contributed by atoms with E-state index in [1.807, 2.05) is 11.0 Å². The second kappa shape index (κ2) is 6.81. The quantitative estimate of drug-likeness (QED) is 0.820. The van der Waals surface area contributed by atoms with Crippen molar-refractivity contribution < 1.29 is 14.4 Å². The van der Waals surface area contributed by atoms with Crippen LogP contribution in [-0.4, -0.2) is 71.7 Å². The summed E-state index contributed by atoms with van der Waals surface area (Å²) in [5.41, 5.74) is 0.585. The molecule has 0 unspecified atom stereocenters. The molecule has 122 valence electrons. The van der Waals surface area contributed by atoms with Gasteiger partial charge >= 0.3 is 0 Å². The van der Waals surface area contributed by atoms with E-state index in [1.165, 1.54) is 0 Å². The van der Waals surface area contributed by atoms with E-state index in [1.54, 1.807) is 34.1 Å². The average Bonchev–Trinajstić information content (AvgIpc) is 3.11. The second-order valence-electron chi connectivity index (χ2n) is 6.00. The van der Waals surface area contributed by atoms with Gasteiger partial charge in [-0.3, -0.25) is 14.4 Å². The van der Waals surface area contributed by atoms with Gasteiger partial charge in [0.1, 0.15) is 6.54 Å². The Labute approximate surface area is 135 Å². The molecule has 0 aromatic heterocycles. The molecule has 2 heterocycles. The van der Waals surface area contributed by atoms with E-state index in [-0.39, 0.29) is 30.8 Å². The molecule has 1 aromatic carbocycles. The highest BCUT2D eigenvalue weighted by molar-refractivity contribution is 5.97. The van der Waals surface area contributed by atoms with Crippen LogP contribution in [0.3, 0.4) is 0 Å². The Morgan fingerprint density at radius 1 is 0.913 bits per heavy atom. The van der Waals surface area contributed by atoms with E-state index in [0.29, 0.717) is 18.7 Å².